The molecule has 1 aromatic carbocycles. The van der Waals surface area contributed by atoms with Gasteiger partial charge in [0.05, 0.1) is 31.7 Å². The summed E-state index contributed by atoms with van der Waals surface area (Å²) in [5, 5.41) is 3.72. The predicted octanol–water partition coefficient (Wildman–Crippen LogP) is 1.02. The quantitative estimate of drug-likeness (QED) is 0.363. The maximum absolute atomic E-state index is 12.5. The third kappa shape index (κ3) is 5.93. The molecule has 1 aliphatic rings. The molecule has 0 saturated carbocycles. The van der Waals surface area contributed by atoms with Crippen molar-refractivity contribution in [2.45, 2.75) is 26.7 Å². The first-order valence-corrected chi connectivity index (χ1v) is 10.5. The van der Waals surface area contributed by atoms with Crippen LogP contribution >= 0.6 is 0 Å². The van der Waals surface area contributed by atoms with Crippen LogP contribution in [-0.2, 0) is 16.0 Å². The lowest BCUT2D eigenvalue weighted by molar-refractivity contribution is -0.908. The van der Waals surface area contributed by atoms with Gasteiger partial charge in [-0.1, -0.05) is 6.58 Å². The minimum atomic E-state index is -0.482. The van der Waals surface area contributed by atoms with Crippen LogP contribution in [0, 0.1) is 6.92 Å². The lowest BCUT2D eigenvalue weighted by Gasteiger charge is -2.23. The number of quaternary nitrogens is 1. The average molecular weight is 416 g/mol. The monoisotopic (exact) mass is 415 g/mol. The standard InChI is InChI=1S/C23H30N2O5/c1-16(2)15-29-18-5-6-19-17(3)20(23(27)30-21(19)13-18)14-22(26)24-7-4-8-25-9-11-28-12-10-25/h5-6,13H,1,4,7-12,14-15H2,2-3H3,(H,24,26)/p+1. The Kier molecular flexibility index (Phi) is 7.65. The fourth-order valence-corrected chi connectivity index (χ4v) is 3.57. The second-order valence-corrected chi connectivity index (χ2v) is 7.89. The number of amides is 1. The van der Waals surface area contributed by atoms with Gasteiger partial charge in [0.25, 0.3) is 0 Å². The van der Waals surface area contributed by atoms with E-state index in [-0.39, 0.29) is 12.3 Å². The highest BCUT2D eigenvalue weighted by Gasteiger charge is 2.16. The molecule has 2 aromatic rings. The van der Waals surface area contributed by atoms with Crippen LogP contribution in [0.1, 0.15) is 24.5 Å². The molecular formula is C23H31N2O5+. The Morgan fingerprint density at radius 1 is 1.30 bits per heavy atom. The van der Waals surface area contributed by atoms with Crippen LogP contribution in [0.25, 0.3) is 11.0 Å². The van der Waals surface area contributed by atoms with Gasteiger partial charge in [0, 0.05) is 24.4 Å². The molecule has 0 bridgehead atoms. The van der Waals surface area contributed by atoms with E-state index in [1.165, 1.54) is 4.90 Å². The Morgan fingerprint density at radius 3 is 2.80 bits per heavy atom. The number of carbonyl (C=O) groups excluding carboxylic acids is 1. The van der Waals surface area contributed by atoms with E-state index in [1.54, 1.807) is 6.07 Å². The van der Waals surface area contributed by atoms with E-state index in [0.29, 0.717) is 30.0 Å². The molecule has 7 nitrogen and oxygen atoms in total. The number of ether oxygens (including phenoxy) is 2. The zero-order valence-corrected chi connectivity index (χ0v) is 17.8. The van der Waals surface area contributed by atoms with Gasteiger partial charge >= 0.3 is 5.63 Å². The van der Waals surface area contributed by atoms with Crippen molar-refractivity contribution in [2.24, 2.45) is 0 Å². The molecule has 0 radical (unpaired) electrons. The van der Waals surface area contributed by atoms with Crippen molar-refractivity contribution in [3.63, 3.8) is 0 Å². The molecule has 1 aromatic heterocycles. The van der Waals surface area contributed by atoms with E-state index < -0.39 is 5.63 Å². The number of hydrogen-bond acceptors (Lipinski definition) is 5. The van der Waals surface area contributed by atoms with Crippen molar-refractivity contribution < 1.29 is 23.6 Å². The summed E-state index contributed by atoms with van der Waals surface area (Å²) in [6.45, 7) is 13.2. The number of morpholine rings is 1. The lowest BCUT2D eigenvalue weighted by atomic mass is 10.0. The minimum Gasteiger partial charge on any atom is -0.489 e. The van der Waals surface area contributed by atoms with E-state index in [0.717, 1.165) is 55.8 Å². The fourth-order valence-electron chi connectivity index (χ4n) is 3.57. The van der Waals surface area contributed by atoms with Crippen LogP contribution in [-0.4, -0.2) is 51.9 Å². The molecule has 1 saturated heterocycles. The molecule has 0 spiro atoms. The number of benzene rings is 1. The molecule has 0 aliphatic carbocycles. The van der Waals surface area contributed by atoms with Gasteiger partial charge in [-0.2, -0.15) is 0 Å². The third-order valence-corrected chi connectivity index (χ3v) is 5.31. The van der Waals surface area contributed by atoms with Crippen LogP contribution in [0.4, 0.5) is 0 Å². The van der Waals surface area contributed by atoms with Crippen molar-refractivity contribution in [2.75, 3.05) is 46.0 Å². The Labute approximate surface area is 176 Å². The zero-order chi connectivity index (χ0) is 21.5. The molecule has 1 fully saturated rings. The third-order valence-electron chi connectivity index (χ3n) is 5.31. The normalized spacial score (nSPS) is 14.6. The molecule has 1 amide bonds. The Morgan fingerprint density at radius 2 is 2.07 bits per heavy atom. The highest BCUT2D eigenvalue weighted by molar-refractivity contribution is 5.85. The van der Waals surface area contributed by atoms with Gasteiger partial charge in [-0.05, 0) is 37.1 Å². The Hall–Kier alpha value is -2.64. The SMILES string of the molecule is C=C(C)COc1ccc2c(C)c(CC(=O)NCCC[NH+]3CCOCC3)c(=O)oc2c1. The second kappa shape index (κ2) is 10.4. The summed E-state index contributed by atoms with van der Waals surface area (Å²) in [5.74, 6) is 0.448. The number of fused-ring (bicyclic) bond motifs is 1. The number of nitrogens with one attached hydrogen (secondary N) is 2. The first-order chi connectivity index (χ1) is 14.4. The van der Waals surface area contributed by atoms with E-state index >= 15 is 0 Å². The van der Waals surface area contributed by atoms with Gasteiger partial charge in [0.15, 0.2) is 0 Å². The van der Waals surface area contributed by atoms with E-state index in [9.17, 15) is 9.59 Å². The molecule has 1 aliphatic heterocycles. The second-order valence-electron chi connectivity index (χ2n) is 7.89. The van der Waals surface area contributed by atoms with E-state index in [2.05, 4.69) is 11.9 Å². The van der Waals surface area contributed by atoms with Crippen LogP contribution < -0.4 is 20.6 Å². The number of aryl methyl sites for hydroxylation is 1. The van der Waals surface area contributed by atoms with Gasteiger partial charge in [-0.3, -0.25) is 4.79 Å². The summed E-state index contributed by atoms with van der Waals surface area (Å²) in [6, 6.07) is 5.38. The average Bonchev–Trinajstić information content (AvgIpc) is 2.73. The van der Waals surface area contributed by atoms with Crippen LogP contribution in [0.2, 0.25) is 0 Å². The van der Waals surface area contributed by atoms with Gasteiger partial charge in [-0.25, -0.2) is 4.79 Å². The van der Waals surface area contributed by atoms with Gasteiger partial charge in [0.1, 0.15) is 31.0 Å². The van der Waals surface area contributed by atoms with Crippen molar-refractivity contribution in [1.82, 2.24) is 5.32 Å². The predicted molar refractivity (Wildman–Crippen MR) is 115 cm³/mol. The molecule has 30 heavy (non-hydrogen) atoms. The van der Waals surface area contributed by atoms with Crippen LogP contribution in [0.3, 0.4) is 0 Å². The smallest absolute Gasteiger partial charge is 0.340 e. The molecule has 7 heteroatoms. The summed E-state index contributed by atoms with van der Waals surface area (Å²) in [7, 11) is 0. The summed E-state index contributed by atoms with van der Waals surface area (Å²) < 4.78 is 16.4. The molecule has 3 rings (SSSR count). The lowest BCUT2D eigenvalue weighted by Crippen LogP contribution is -3.14. The van der Waals surface area contributed by atoms with Crippen LogP contribution in [0.5, 0.6) is 5.75 Å². The summed E-state index contributed by atoms with van der Waals surface area (Å²) >= 11 is 0. The number of rotatable bonds is 9. The highest BCUT2D eigenvalue weighted by atomic mass is 16.5. The van der Waals surface area contributed by atoms with E-state index in [4.69, 9.17) is 13.9 Å². The molecular weight excluding hydrogens is 384 g/mol. The van der Waals surface area contributed by atoms with Crippen molar-refractivity contribution >= 4 is 16.9 Å². The number of carbonyl (C=O) groups is 1. The maximum Gasteiger partial charge on any atom is 0.340 e. The summed E-state index contributed by atoms with van der Waals surface area (Å²) in [6.07, 6.45) is 0.918. The molecule has 2 N–H and O–H groups in total. The topological polar surface area (TPSA) is 82.2 Å². The van der Waals surface area contributed by atoms with Crippen molar-refractivity contribution in [3.05, 3.63) is 51.9 Å². The van der Waals surface area contributed by atoms with E-state index in [1.807, 2.05) is 26.0 Å². The Bertz CT molecular complexity index is 960. The minimum absolute atomic E-state index is 0.0163. The molecule has 0 atom stereocenters. The van der Waals surface area contributed by atoms with Crippen molar-refractivity contribution in [3.8, 4) is 5.75 Å². The first kappa shape index (κ1) is 22.1. The van der Waals surface area contributed by atoms with Gasteiger partial charge < -0.3 is 24.1 Å². The molecule has 0 unspecified atom stereocenters. The highest BCUT2D eigenvalue weighted by Crippen LogP contribution is 2.24. The largest absolute Gasteiger partial charge is 0.489 e. The number of hydrogen-bond donors (Lipinski definition) is 2. The van der Waals surface area contributed by atoms with Crippen LogP contribution in [0.15, 0.2) is 39.6 Å². The Balaban J connectivity index is 1.59. The van der Waals surface area contributed by atoms with Gasteiger partial charge in [0.2, 0.25) is 5.91 Å². The van der Waals surface area contributed by atoms with Gasteiger partial charge in [-0.15, -0.1) is 0 Å². The first-order valence-electron chi connectivity index (χ1n) is 10.5. The summed E-state index contributed by atoms with van der Waals surface area (Å²) in [4.78, 5) is 26.4. The summed E-state index contributed by atoms with van der Waals surface area (Å²) in [5.41, 5.74) is 2.04. The fraction of sp³-hybridized carbons (Fsp3) is 0.478. The molecule has 2 heterocycles. The molecule has 162 valence electrons. The maximum atomic E-state index is 12.5. The zero-order valence-electron chi connectivity index (χ0n) is 17.8. The van der Waals surface area contributed by atoms with Crippen molar-refractivity contribution in [1.29, 1.82) is 0 Å².